The summed E-state index contributed by atoms with van der Waals surface area (Å²) in [5, 5.41) is 13.8. The van der Waals surface area contributed by atoms with Crippen LogP contribution < -0.4 is 10.1 Å². The molecule has 0 aliphatic heterocycles. The van der Waals surface area contributed by atoms with Crippen molar-refractivity contribution in [3.8, 4) is 5.75 Å². The van der Waals surface area contributed by atoms with Gasteiger partial charge in [0.2, 0.25) is 0 Å². The van der Waals surface area contributed by atoms with Gasteiger partial charge in [0.25, 0.3) is 5.69 Å². The van der Waals surface area contributed by atoms with Crippen LogP contribution in [0.3, 0.4) is 0 Å². The van der Waals surface area contributed by atoms with Crippen LogP contribution in [0.25, 0.3) is 0 Å². The highest BCUT2D eigenvalue weighted by Crippen LogP contribution is 2.22. The maximum atomic E-state index is 11.6. The number of non-ortho nitro benzene ring substituents is 1. The summed E-state index contributed by atoms with van der Waals surface area (Å²) < 4.78 is 27.3. The first-order valence-electron chi connectivity index (χ1n) is 6.29. The zero-order chi connectivity index (χ0) is 16.3. The third-order valence-corrected chi connectivity index (χ3v) is 5.43. The second kappa shape index (κ2) is 6.40. The lowest BCUT2D eigenvalue weighted by molar-refractivity contribution is -0.385. The molecule has 0 radical (unpaired) electrons. The molecule has 0 heterocycles. The summed E-state index contributed by atoms with van der Waals surface area (Å²) in [4.78, 5) is 10.3. The van der Waals surface area contributed by atoms with Gasteiger partial charge in [-0.15, -0.1) is 0 Å². The Kier molecular flexibility index (Phi) is 5.30. The van der Waals surface area contributed by atoms with Gasteiger partial charge < -0.3 is 10.1 Å². The van der Waals surface area contributed by atoms with Gasteiger partial charge in [0.05, 0.1) is 22.8 Å². The van der Waals surface area contributed by atoms with Gasteiger partial charge >= 0.3 is 0 Å². The molecule has 0 spiro atoms. The molecule has 1 rings (SSSR count). The van der Waals surface area contributed by atoms with Crippen molar-refractivity contribution in [2.45, 2.75) is 25.1 Å². The monoisotopic (exact) mass is 316 g/mol. The van der Waals surface area contributed by atoms with E-state index in [1.165, 1.54) is 25.5 Å². The Bertz CT molecular complexity index is 625. The number of ether oxygens (including phenoxy) is 1. The number of nitro benzene ring substituents is 1. The smallest absolute Gasteiger partial charge is 0.273 e. The summed E-state index contributed by atoms with van der Waals surface area (Å²) >= 11 is 0. The summed E-state index contributed by atoms with van der Waals surface area (Å²) in [6, 6.07) is 4.44. The zero-order valence-electron chi connectivity index (χ0n) is 12.5. The van der Waals surface area contributed by atoms with Gasteiger partial charge in [-0.2, -0.15) is 0 Å². The van der Waals surface area contributed by atoms with Crippen molar-refractivity contribution in [3.63, 3.8) is 0 Å². The summed E-state index contributed by atoms with van der Waals surface area (Å²) in [6.07, 6.45) is 1.19. The molecule has 118 valence electrons. The lowest BCUT2D eigenvalue weighted by atomic mass is 10.1. The fourth-order valence-corrected chi connectivity index (χ4v) is 1.97. The van der Waals surface area contributed by atoms with Crippen LogP contribution in [-0.2, 0) is 16.4 Å². The van der Waals surface area contributed by atoms with Crippen molar-refractivity contribution in [3.05, 3.63) is 33.9 Å². The molecule has 0 amide bonds. The predicted molar refractivity (Wildman–Crippen MR) is 80.3 cm³/mol. The average molecular weight is 316 g/mol. The maximum Gasteiger partial charge on any atom is 0.273 e. The quantitative estimate of drug-likeness (QED) is 0.605. The van der Waals surface area contributed by atoms with Gasteiger partial charge in [0, 0.05) is 25.4 Å². The van der Waals surface area contributed by atoms with Gasteiger partial charge in [-0.25, -0.2) is 8.42 Å². The molecule has 21 heavy (non-hydrogen) atoms. The molecular weight excluding hydrogens is 296 g/mol. The van der Waals surface area contributed by atoms with Crippen molar-refractivity contribution in [2.24, 2.45) is 0 Å². The normalized spacial score (nSPS) is 12.2. The molecule has 1 N–H and O–H groups in total. The van der Waals surface area contributed by atoms with E-state index >= 15 is 0 Å². The third kappa shape index (κ3) is 4.68. The van der Waals surface area contributed by atoms with E-state index in [1.54, 1.807) is 19.9 Å². The van der Waals surface area contributed by atoms with E-state index in [0.717, 1.165) is 0 Å². The highest BCUT2D eigenvalue weighted by Gasteiger charge is 2.29. The highest BCUT2D eigenvalue weighted by molar-refractivity contribution is 7.92. The van der Waals surface area contributed by atoms with Crippen molar-refractivity contribution < 1.29 is 18.1 Å². The van der Waals surface area contributed by atoms with Gasteiger partial charge in [0.1, 0.15) is 5.75 Å². The molecule has 0 aliphatic rings. The van der Waals surface area contributed by atoms with Crippen LogP contribution in [0.5, 0.6) is 5.75 Å². The van der Waals surface area contributed by atoms with Crippen LogP contribution in [0.1, 0.15) is 19.4 Å². The van der Waals surface area contributed by atoms with E-state index in [4.69, 9.17) is 4.74 Å². The molecule has 0 fully saturated rings. The largest absolute Gasteiger partial charge is 0.496 e. The van der Waals surface area contributed by atoms with Crippen LogP contribution in [0.4, 0.5) is 5.69 Å². The van der Waals surface area contributed by atoms with Crippen molar-refractivity contribution in [1.29, 1.82) is 0 Å². The number of rotatable bonds is 7. The molecule has 0 aliphatic carbocycles. The van der Waals surface area contributed by atoms with Gasteiger partial charge in [-0.3, -0.25) is 10.1 Å². The number of nitro groups is 1. The van der Waals surface area contributed by atoms with Crippen molar-refractivity contribution in [2.75, 3.05) is 19.9 Å². The number of hydrogen-bond acceptors (Lipinski definition) is 6. The Morgan fingerprint density at radius 1 is 1.33 bits per heavy atom. The molecule has 0 aromatic heterocycles. The van der Waals surface area contributed by atoms with E-state index in [1.807, 2.05) is 0 Å². The minimum Gasteiger partial charge on any atom is -0.496 e. The summed E-state index contributed by atoms with van der Waals surface area (Å²) in [5.74, 6) is 0.392. The molecule has 0 atom stereocenters. The zero-order valence-corrected chi connectivity index (χ0v) is 13.4. The van der Waals surface area contributed by atoms with E-state index in [-0.39, 0.29) is 12.2 Å². The van der Waals surface area contributed by atoms with Gasteiger partial charge in [0.15, 0.2) is 9.84 Å². The molecule has 8 heteroatoms. The number of nitrogens with zero attached hydrogens (tertiary/aromatic N) is 1. The summed E-state index contributed by atoms with van der Waals surface area (Å²) in [7, 11) is -1.75. The number of benzene rings is 1. The van der Waals surface area contributed by atoms with E-state index < -0.39 is 19.5 Å². The lowest BCUT2D eigenvalue weighted by Gasteiger charge is -2.22. The average Bonchev–Trinajstić information content (AvgIpc) is 2.36. The number of nitrogens with one attached hydrogen (secondary N) is 1. The third-order valence-electron chi connectivity index (χ3n) is 3.28. The first kappa shape index (κ1) is 17.4. The minimum atomic E-state index is -3.19. The van der Waals surface area contributed by atoms with E-state index in [2.05, 4.69) is 5.32 Å². The fraction of sp³-hybridized carbons (Fsp3) is 0.538. The second-order valence-corrected chi connectivity index (χ2v) is 8.08. The Morgan fingerprint density at radius 2 is 1.95 bits per heavy atom. The molecule has 0 bridgehead atoms. The van der Waals surface area contributed by atoms with E-state index in [9.17, 15) is 18.5 Å². The summed E-state index contributed by atoms with van der Waals surface area (Å²) in [5.41, 5.74) is 0.596. The topological polar surface area (TPSA) is 98.5 Å². The molecule has 1 aromatic rings. The number of hydrogen-bond donors (Lipinski definition) is 1. The van der Waals surface area contributed by atoms with E-state index in [0.29, 0.717) is 17.9 Å². The van der Waals surface area contributed by atoms with Gasteiger partial charge in [-0.05, 0) is 25.5 Å². The van der Waals surface area contributed by atoms with Crippen molar-refractivity contribution >= 4 is 15.5 Å². The van der Waals surface area contributed by atoms with Crippen LogP contribution >= 0.6 is 0 Å². The number of methoxy groups -OCH3 is 1. The molecule has 0 unspecified atom stereocenters. The molecule has 7 nitrogen and oxygen atoms in total. The second-order valence-electron chi connectivity index (χ2n) is 5.43. The fourth-order valence-electron chi connectivity index (χ4n) is 1.61. The Morgan fingerprint density at radius 3 is 2.43 bits per heavy atom. The first-order chi connectivity index (χ1) is 9.56. The van der Waals surface area contributed by atoms with Gasteiger partial charge in [-0.1, -0.05) is 0 Å². The Labute approximate surface area is 124 Å². The number of sulfone groups is 1. The van der Waals surface area contributed by atoms with Crippen LogP contribution in [-0.4, -0.2) is 38.0 Å². The first-order valence-corrected chi connectivity index (χ1v) is 8.18. The Balaban J connectivity index is 2.81. The maximum absolute atomic E-state index is 11.6. The van der Waals surface area contributed by atoms with Crippen LogP contribution in [0.15, 0.2) is 18.2 Å². The standard InChI is InChI=1S/C13H20N2O5S/c1-13(2,21(4,18)19)9-14-8-10-5-11(15(16)17)7-12(6-10)20-3/h5-7,14H,8-9H2,1-4H3. The predicted octanol–water partition coefficient (Wildman–Crippen LogP) is 1.52. The van der Waals surface area contributed by atoms with Crippen molar-refractivity contribution in [1.82, 2.24) is 5.32 Å². The van der Waals surface area contributed by atoms with Crippen LogP contribution in [0.2, 0.25) is 0 Å². The summed E-state index contributed by atoms with van der Waals surface area (Å²) in [6.45, 7) is 3.82. The molecule has 1 aromatic carbocycles. The highest BCUT2D eigenvalue weighted by atomic mass is 32.2. The lowest BCUT2D eigenvalue weighted by Crippen LogP contribution is -2.41. The minimum absolute atomic E-state index is 0.0616. The SMILES string of the molecule is COc1cc(CNCC(C)(C)S(C)(=O)=O)cc([N+](=O)[O-])c1. The Hall–Kier alpha value is -1.67. The molecular formula is C13H20N2O5S. The molecule has 0 saturated carbocycles. The van der Waals surface area contributed by atoms with Crippen LogP contribution in [0, 0.1) is 10.1 Å². The molecule has 0 saturated heterocycles.